The highest BCUT2D eigenvalue weighted by atomic mass is 32.2. The maximum Gasteiger partial charge on any atom is 0.229 e. The summed E-state index contributed by atoms with van der Waals surface area (Å²) in [7, 11) is -3.25. The highest BCUT2D eigenvalue weighted by molar-refractivity contribution is 7.92. The van der Waals surface area contributed by atoms with E-state index in [1.807, 2.05) is 18.2 Å². The van der Waals surface area contributed by atoms with Crippen molar-refractivity contribution in [1.82, 2.24) is 9.88 Å². The number of aromatic nitrogens is 1. The molecule has 5 nitrogen and oxygen atoms in total. The molecule has 3 heterocycles. The van der Waals surface area contributed by atoms with Crippen LogP contribution in [0.2, 0.25) is 0 Å². The number of hydrogen-bond donors (Lipinski definition) is 2. The van der Waals surface area contributed by atoms with Gasteiger partial charge in [0.2, 0.25) is 10.0 Å². The standard InChI is InChI=1S/C17H23N3O2S/c1-23(21,22)19-13-4-5-17-15(10-13)16(11-18-17)12-6-8-20-7-2-3-14(20)9-12/h4-5,10-12,14,18-19H,2-3,6-9H2,1H3. The molecule has 2 fully saturated rings. The average Bonchev–Trinajstić information content (AvgIpc) is 3.10. The first-order chi connectivity index (χ1) is 11.0. The Morgan fingerprint density at radius 3 is 2.96 bits per heavy atom. The van der Waals surface area contributed by atoms with E-state index in [9.17, 15) is 8.42 Å². The van der Waals surface area contributed by atoms with Crippen LogP contribution in [0.25, 0.3) is 10.9 Å². The van der Waals surface area contributed by atoms with E-state index >= 15 is 0 Å². The van der Waals surface area contributed by atoms with Crippen LogP contribution in [-0.4, -0.2) is 43.7 Å². The summed E-state index contributed by atoms with van der Waals surface area (Å²) in [5.41, 5.74) is 3.05. The molecule has 2 unspecified atom stereocenters. The number of aromatic amines is 1. The SMILES string of the molecule is CS(=O)(=O)Nc1ccc2[nH]cc(C3CCN4CCCC4C3)c2c1. The minimum Gasteiger partial charge on any atom is -0.361 e. The normalized spacial score (nSPS) is 25.6. The molecule has 0 amide bonds. The van der Waals surface area contributed by atoms with E-state index in [4.69, 9.17) is 0 Å². The van der Waals surface area contributed by atoms with Crippen LogP contribution in [-0.2, 0) is 10.0 Å². The number of anilines is 1. The van der Waals surface area contributed by atoms with Gasteiger partial charge in [0.1, 0.15) is 0 Å². The Balaban J connectivity index is 1.65. The van der Waals surface area contributed by atoms with Crippen LogP contribution in [0.15, 0.2) is 24.4 Å². The molecule has 0 radical (unpaired) electrons. The topological polar surface area (TPSA) is 65.2 Å². The smallest absolute Gasteiger partial charge is 0.229 e. The number of benzene rings is 1. The summed E-state index contributed by atoms with van der Waals surface area (Å²) in [6.45, 7) is 2.44. The predicted molar refractivity (Wildman–Crippen MR) is 93.3 cm³/mol. The summed E-state index contributed by atoms with van der Waals surface area (Å²) in [5, 5.41) is 1.15. The second-order valence-corrected chi connectivity index (χ2v) is 8.68. The van der Waals surface area contributed by atoms with Crippen molar-refractivity contribution in [3.8, 4) is 0 Å². The fourth-order valence-electron chi connectivity index (χ4n) is 4.26. The zero-order chi connectivity index (χ0) is 16.0. The molecule has 124 valence electrons. The van der Waals surface area contributed by atoms with Crippen molar-refractivity contribution in [1.29, 1.82) is 0 Å². The molecular formula is C17H23N3O2S. The van der Waals surface area contributed by atoms with Crippen LogP contribution in [0.5, 0.6) is 0 Å². The summed E-state index contributed by atoms with van der Waals surface area (Å²) in [5.74, 6) is 0.566. The van der Waals surface area contributed by atoms with E-state index in [2.05, 4.69) is 20.8 Å². The molecule has 1 aromatic carbocycles. The highest BCUT2D eigenvalue weighted by Gasteiger charge is 2.33. The van der Waals surface area contributed by atoms with E-state index in [1.165, 1.54) is 50.6 Å². The van der Waals surface area contributed by atoms with E-state index < -0.39 is 10.0 Å². The van der Waals surface area contributed by atoms with Crippen LogP contribution in [0, 0.1) is 0 Å². The predicted octanol–water partition coefficient (Wildman–Crippen LogP) is 2.88. The monoisotopic (exact) mass is 333 g/mol. The van der Waals surface area contributed by atoms with Gasteiger partial charge >= 0.3 is 0 Å². The number of fused-ring (bicyclic) bond motifs is 2. The summed E-state index contributed by atoms with van der Waals surface area (Å²) < 4.78 is 25.5. The lowest BCUT2D eigenvalue weighted by Crippen LogP contribution is -2.37. The number of piperidine rings is 1. The zero-order valence-electron chi connectivity index (χ0n) is 13.4. The van der Waals surface area contributed by atoms with Gasteiger partial charge in [-0.25, -0.2) is 8.42 Å². The van der Waals surface area contributed by atoms with E-state index in [0.717, 1.165) is 16.9 Å². The van der Waals surface area contributed by atoms with Gasteiger partial charge in [-0.05, 0) is 68.5 Å². The van der Waals surface area contributed by atoms with Crippen molar-refractivity contribution in [2.75, 3.05) is 24.1 Å². The van der Waals surface area contributed by atoms with Crippen molar-refractivity contribution < 1.29 is 8.42 Å². The number of nitrogens with zero attached hydrogens (tertiary/aromatic N) is 1. The molecule has 2 saturated heterocycles. The Hall–Kier alpha value is -1.53. The number of rotatable bonds is 3. The van der Waals surface area contributed by atoms with Gasteiger partial charge in [0.25, 0.3) is 0 Å². The number of nitrogens with one attached hydrogen (secondary N) is 2. The second-order valence-electron chi connectivity index (χ2n) is 6.93. The Bertz CT molecular complexity index is 827. The fourth-order valence-corrected chi connectivity index (χ4v) is 4.82. The first kappa shape index (κ1) is 15.0. The van der Waals surface area contributed by atoms with Gasteiger partial charge in [0.05, 0.1) is 6.26 Å². The van der Waals surface area contributed by atoms with Gasteiger partial charge in [0.15, 0.2) is 0 Å². The van der Waals surface area contributed by atoms with E-state index in [1.54, 1.807) is 0 Å². The van der Waals surface area contributed by atoms with Crippen LogP contribution in [0.3, 0.4) is 0 Å². The molecule has 1 aromatic heterocycles. The third-order valence-electron chi connectivity index (χ3n) is 5.28. The third-order valence-corrected chi connectivity index (χ3v) is 5.88. The van der Waals surface area contributed by atoms with Gasteiger partial charge in [-0.15, -0.1) is 0 Å². The van der Waals surface area contributed by atoms with Gasteiger partial charge < -0.3 is 9.88 Å². The molecule has 0 aliphatic carbocycles. The minimum absolute atomic E-state index is 0.566. The third kappa shape index (κ3) is 2.97. The van der Waals surface area contributed by atoms with Crippen LogP contribution < -0.4 is 4.72 Å². The lowest BCUT2D eigenvalue weighted by molar-refractivity contribution is 0.181. The number of sulfonamides is 1. The lowest BCUT2D eigenvalue weighted by Gasteiger charge is -2.34. The minimum atomic E-state index is -3.25. The molecule has 0 saturated carbocycles. The molecule has 2 aliphatic rings. The molecule has 2 N–H and O–H groups in total. The summed E-state index contributed by atoms with van der Waals surface area (Å²) >= 11 is 0. The van der Waals surface area contributed by atoms with E-state index in [0.29, 0.717) is 11.6 Å². The van der Waals surface area contributed by atoms with Gasteiger partial charge in [-0.2, -0.15) is 0 Å². The van der Waals surface area contributed by atoms with Crippen LogP contribution >= 0.6 is 0 Å². The van der Waals surface area contributed by atoms with Crippen molar-refractivity contribution in [3.63, 3.8) is 0 Å². The first-order valence-electron chi connectivity index (χ1n) is 8.32. The van der Waals surface area contributed by atoms with Crippen LogP contribution in [0.4, 0.5) is 5.69 Å². The van der Waals surface area contributed by atoms with Crippen molar-refractivity contribution in [3.05, 3.63) is 30.0 Å². The number of hydrogen-bond acceptors (Lipinski definition) is 3. The van der Waals surface area contributed by atoms with Gasteiger partial charge in [-0.1, -0.05) is 0 Å². The molecule has 0 bridgehead atoms. The average molecular weight is 333 g/mol. The largest absolute Gasteiger partial charge is 0.361 e. The summed E-state index contributed by atoms with van der Waals surface area (Å²) in [6.07, 6.45) is 8.35. The van der Waals surface area contributed by atoms with Gasteiger partial charge in [-0.3, -0.25) is 4.72 Å². The van der Waals surface area contributed by atoms with Crippen molar-refractivity contribution in [2.45, 2.75) is 37.6 Å². The zero-order valence-corrected chi connectivity index (χ0v) is 14.2. The molecule has 2 aliphatic heterocycles. The summed E-state index contributed by atoms with van der Waals surface area (Å²) in [4.78, 5) is 5.97. The van der Waals surface area contributed by atoms with Crippen molar-refractivity contribution >= 4 is 26.6 Å². The lowest BCUT2D eigenvalue weighted by atomic mass is 9.85. The molecule has 2 aromatic rings. The Kier molecular flexibility index (Phi) is 3.61. The summed E-state index contributed by atoms with van der Waals surface area (Å²) in [6, 6.07) is 6.46. The second kappa shape index (κ2) is 5.53. The molecule has 6 heteroatoms. The molecule has 2 atom stereocenters. The molecule has 4 rings (SSSR count). The maximum atomic E-state index is 11.5. The van der Waals surface area contributed by atoms with E-state index in [-0.39, 0.29) is 0 Å². The Morgan fingerprint density at radius 1 is 1.26 bits per heavy atom. The Labute approximate surface area is 137 Å². The van der Waals surface area contributed by atoms with Gasteiger partial charge in [0, 0.05) is 28.8 Å². The maximum absolute atomic E-state index is 11.5. The number of H-pyrrole nitrogens is 1. The highest BCUT2D eigenvalue weighted by Crippen LogP contribution is 2.39. The fraction of sp³-hybridized carbons (Fsp3) is 0.529. The first-order valence-corrected chi connectivity index (χ1v) is 10.2. The van der Waals surface area contributed by atoms with Crippen LogP contribution in [0.1, 0.15) is 37.2 Å². The molecule has 0 spiro atoms. The molecular weight excluding hydrogens is 310 g/mol. The van der Waals surface area contributed by atoms with Crippen molar-refractivity contribution in [2.24, 2.45) is 0 Å². The quantitative estimate of drug-likeness (QED) is 0.908. The molecule has 23 heavy (non-hydrogen) atoms. The Morgan fingerprint density at radius 2 is 2.13 bits per heavy atom.